The van der Waals surface area contributed by atoms with Crippen LogP contribution in [0.3, 0.4) is 0 Å². The predicted octanol–water partition coefficient (Wildman–Crippen LogP) is 6.37. The van der Waals surface area contributed by atoms with Crippen molar-refractivity contribution < 1.29 is 36.2 Å². The Kier molecular flexibility index (Phi) is 4.79. The molecule has 3 aromatic rings. The molecule has 4 rings (SSSR count). The van der Waals surface area contributed by atoms with Crippen LogP contribution in [-0.4, -0.2) is 16.8 Å². The lowest BCUT2D eigenvalue weighted by atomic mass is 9.87. The maximum Gasteiger partial charge on any atom is 0.416 e. The Bertz CT molecular complexity index is 1190. The topological polar surface area (TPSA) is 49.7 Å². The largest absolute Gasteiger partial charge is 0.477 e. The van der Waals surface area contributed by atoms with Crippen LogP contribution >= 0.6 is 0 Å². The normalized spacial score (nSPS) is 16.3. The third kappa shape index (κ3) is 3.87. The lowest BCUT2D eigenvalue weighted by molar-refractivity contribution is -0.143. The highest BCUT2D eigenvalue weighted by atomic mass is 19.4. The summed E-state index contributed by atoms with van der Waals surface area (Å²) in [6.45, 7) is 0. The molecule has 1 unspecified atom stereocenters. The molecule has 0 bridgehead atoms. The first-order valence-corrected chi connectivity index (χ1v) is 9.07. The van der Waals surface area contributed by atoms with E-state index in [2.05, 4.69) is 4.99 Å². The summed E-state index contributed by atoms with van der Waals surface area (Å²) in [6.07, 6.45) is -10.3. The fraction of sp³-hybridized carbons (Fsp3) is 0.182. The summed E-state index contributed by atoms with van der Waals surface area (Å²) in [7, 11) is 0. The summed E-state index contributed by atoms with van der Waals surface area (Å²) in [4.78, 5) is 15.9. The number of hydrogen-bond acceptors (Lipinski definition) is 2. The molecule has 0 aliphatic carbocycles. The second-order valence-electron chi connectivity index (χ2n) is 7.20. The van der Waals surface area contributed by atoms with Gasteiger partial charge in [-0.15, -0.1) is 0 Å². The summed E-state index contributed by atoms with van der Waals surface area (Å²) in [5, 5.41) is 11.0. The minimum Gasteiger partial charge on any atom is -0.477 e. The molecule has 0 amide bonds. The number of alkyl halides is 6. The molecule has 0 saturated heterocycles. The van der Waals surface area contributed by atoms with Gasteiger partial charge in [-0.2, -0.15) is 26.3 Å². The maximum absolute atomic E-state index is 13.2. The van der Waals surface area contributed by atoms with E-state index in [1.54, 1.807) is 36.4 Å². The molecule has 0 saturated carbocycles. The Labute approximate surface area is 171 Å². The van der Waals surface area contributed by atoms with Gasteiger partial charge in [-0.05, 0) is 41.1 Å². The number of carboxylic acids is 1. The first-order valence-electron chi connectivity index (χ1n) is 9.07. The van der Waals surface area contributed by atoms with Crippen molar-refractivity contribution in [2.45, 2.75) is 24.7 Å². The number of carboxylic acid groups (broad SMARTS) is 1. The molecule has 9 heteroatoms. The van der Waals surface area contributed by atoms with E-state index < -0.39 is 35.4 Å². The molecule has 1 N–H and O–H groups in total. The van der Waals surface area contributed by atoms with Gasteiger partial charge in [0.05, 0.1) is 16.8 Å². The van der Waals surface area contributed by atoms with Crippen molar-refractivity contribution in [1.29, 1.82) is 0 Å². The lowest BCUT2D eigenvalue weighted by Gasteiger charge is -2.17. The third-order valence-corrected chi connectivity index (χ3v) is 5.18. The van der Waals surface area contributed by atoms with Gasteiger partial charge >= 0.3 is 18.3 Å². The second-order valence-corrected chi connectivity index (χ2v) is 7.20. The van der Waals surface area contributed by atoms with Gasteiger partial charge in [0.15, 0.2) is 0 Å². The molecule has 3 aromatic carbocycles. The average molecular weight is 437 g/mol. The highest BCUT2D eigenvalue weighted by Crippen LogP contribution is 2.43. The van der Waals surface area contributed by atoms with Crippen molar-refractivity contribution in [3.8, 4) is 0 Å². The van der Waals surface area contributed by atoms with Crippen molar-refractivity contribution in [1.82, 2.24) is 0 Å². The van der Waals surface area contributed by atoms with Crippen molar-refractivity contribution >= 4 is 28.1 Å². The molecule has 1 atom stereocenters. The molecular formula is C22H13F6NO2. The van der Waals surface area contributed by atoms with E-state index in [0.29, 0.717) is 28.8 Å². The molecule has 0 fully saturated rings. The summed E-state index contributed by atoms with van der Waals surface area (Å²) >= 11 is 0. The fourth-order valence-corrected chi connectivity index (χ4v) is 3.80. The van der Waals surface area contributed by atoms with E-state index in [0.717, 1.165) is 5.39 Å². The van der Waals surface area contributed by atoms with E-state index >= 15 is 0 Å². The molecule has 1 aliphatic rings. The lowest BCUT2D eigenvalue weighted by Crippen LogP contribution is -2.21. The Balaban J connectivity index is 1.84. The van der Waals surface area contributed by atoms with Crippen LogP contribution in [0.25, 0.3) is 10.8 Å². The van der Waals surface area contributed by atoms with Crippen molar-refractivity contribution in [3.05, 3.63) is 76.9 Å². The van der Waals surface area contributed by atoms with Gasteiger partial charge in [0.2, 0.25) is 0 Å². The van der Waals surface area contributed by atoms with Gasteiger partial charge in [-0.25, -0.2) is 9.79 Å². The number of rotatable bonds is 3. The number of aliphatic carboxylic acids is 1. The van der Waals surface area contributed by atoms with E-state index in [4.69, 9.17) is 0 Å². The Morgan fingerprint density at radius 2 is 1.52 bits per heavy atom. The quantitative estimate of drug-likeness (QED) is 0.484. The molecular weight excluding hydrogens is 424 g/mol. The van der Waals surface area contributed by atoms with E-state index in [9.17, 15) is 36.2 Å². The van der Waals surface area contributed by atoms with Crippen LogP contribution in [0.5, 0.6) is 0 Å². The zero-order valence-electron chi connectivity index (χ0n) is 15.6. The Morgan fingerprint density at radius 3 is 2.10 bits per heavy atom. The number of halogens is 6. The standard InChI is InChI=1S/C22H13F6NO2/c23-21(24,25)13-7-11(8-14(10-13)22(26,27)28)9-17-16-6-5-12-3-1-2-4-15(12)18(16)29-19(17)20(30)31/h1-8,10,17H,9H2,(H,30,31). The van der Waals surface area contributed by atoms with Crippen LogP contribution < -0.4 is 0 Å². The van der Waals surface area contributed by atoms with Crippen molar-refractivity contribution in [3.63, 3.8) is 0 Å². The molecule has 0 radical (unpaired) electrons. The van der Waals surface area contributed by atoms with E-state index in [1.165, 1.54) is 0 Å². The molecule has 1 heterocycles. The van der Waals surface area contributed by atoms with Gasteiger partial charge in [0.1, 0.15) is 5.71 Å². The van der Waals surface area contributed by atoms with E-state index in [1.807, 2.05) is 0 Å². The van der Waals surface area contributed by atoms with Crippen LogP contribution in [0, 0.1) is 0 Å². The first kappa shape index (κ1) is 20.9. The smallest absolute Gasteiger partial charge is 0.416 e. The fourth-order valence-electron chi connectivity index (χ4n) is 3.80. The average Bonchev–Trinajstić information content (AvgIpc) is 3.05. The maximum atomic E-state index is 13.2. The highest BCUT2D eigenvalue weighted by molar-refractivity contribution is 6.40. The number of benzene rings is 3. The summed E-state index contributed by atoms with van der Waals surface area (Å²) in [5.74, 6) is -2.37. The summed E-state index contributed by atoms with van der Waals surface area (Å²) < 4.78 is 79.1. The van der Waals surface area contributed by atoms with Crippen LogP contribution in [0.2, 0.25) is 0 Å². The number of hydrogen-bond donors (Lipinski definition) is 1. The molecule has 0 spiro atoms. The molecule has 160 valence electrons. The van der Waals surface area contributed by atoms with Gasteiger partial charge < -0.3 is 5.11 Å². The van der Waals surface area contributed by atoms with Crippen LogP contribution in [0.4, 0.5) is 32.0 Å². The zero-order valence-corrected chi connectivity index (χ0v) is 15.6. The van der Waals surface area contributed by atoms with Crippen LogP contribution in [0.1, 0.15) is 28.2 Å². The number of nitrogens with zero attached hydrogens (tertiary/aromatic N) is 1. The molecule has 1 aliphatic heterocycles. The third-order valence-electron chi connectivity index (χ3n) is 5.18. The summed E-state index contributed by atoms with van der Waals surface area (Å²) in [6, 6.07) is 11.6. The summed E-state index contributed by atoms with van der Waals surface area (Å²) in [5.41, 5.74) is -2.67. The van der Waals surface area contributed by atoms with Crippen molar-refractivity contribution in [2.24, 2.45) is 4.99 Å². The zero-order chi connectivity index (χ0) is 22.6. The van der Waals surface area contributed by atoms with Crippen molar-refractivity contribution in [2.75, 3.05) is 0 Å². The van der Waals surface area contributed by atoms with Crippen LogP contribution in [-0.2, 0) is 23.6 Å². The number of carbonyl (C=O) groups is 1. The van der Waals surface area contributed by atoms with Gasteiger partial charge in [-0.1, -0.05) is 36.4 Å². The second kappa shape index (κ2) is 7.11. The monoisotopic (exact) mass is 437 g/mol. The Morgan fingerprint density at radius 1 is 0.903 bits per heavy atom. The predicted molar refractivity (Wildman–Crippen MR) is 102 cm³/mol. The molecule has 31 heavy (non-hydrogen) atoms. The van der Waals surface area contributed by atoms with Gasteiger partial charge in [-0.3, -0.25) is 0 Å². The van der Waals surface area contributed by atoms with Gasteiger partial charge in [0, 0.05) is 11.3 Å². The number of aliphatic imine (C=N–C) groups is 1. The SMILES string of the molecule is O=C(O)C1=Nc2c(ccc3ccccc23)C1Cc1cc(C(F)(F)F)cc(C(F)(F)F)c1. The minimum absolute atomic E-state index is 0.0474. The molecule has 0 aromatic heterocycles. The van der Waals surface area contributed by atoms with E-state index in [-0.39, 0.29) is 23.8 Å². The highest BCUT2D eigenvalue weighted by Gasteiger charge is 2.38. The Hall–Kier alpha value is -3.36. The molecule has 3 nitrogen and oxygen atoms in total. The van der Waals surface area contributed by atoms with Gasteiger partial charge in [0.25, 0.3) is 0 Å². The van der Waals surface area contributed by atoms with Crippen LogP contribution in [0.15, 0.2) is 59.6 Å². The number of fused-ring (bicyclic) bond motifs is 3. The minimum atomic E-state index is -4.98. The first-order chi connectivity index (χ1) is 14.4.